The monoisotopic (exact) mass is 869 g/mol. The molecule has 0 fully saturated rings. The number of esters is 3. The molecule has 0 aromatic carbocycles. The van der Waals surface area contributed by atoms with Crippen molar-refractivity contribution in [2.45, 2.75) is 277 Å². The second-order valence-corrected chi connectivity index (χ2v) is 17.8. The lowest BCUT2D eigenvalue weighted by molar-refractivity contribution is -0.167. The van der Waals surface area contributed by atoms with E-state index in [0.29, 0.717) is 19.3 Å². The molecule has 0 N–H and O–H groups in total. The summed E-state index contributed by atoms with van der Waals surface area (Å²) in [5.74, 6) is -0.885. The maximum Gasteiger partial charge on any atom is 0.306 e. The van der Waals surface area contributed by atoms with Crippen LogP contribution in [-0.4, -0.2) is 37.2 Å². The Morgan fingerprint density at radius 2 is 0.629 bits per heavy atom. The lowest BCUT2D eigenvalue weighted by atomic mass is 10.1. The Hall–Kier alpha value is -2.63. The van der Waals surface area contributed by atoms with Crippen molar-refractivity contribution in [1.82, 2.24) is 0 Å². The summed E-state index contributed by atoms with van der Waals surface area (Å²) in [5, 5.41) is 0. The third-order valence-corrected chi connectivity index (χ3v) is 11.6. The summed E-state index contributed by atoms with van der Waals surface area (Å²) in [6.07, 6.45) is 61.0. The molecule has 62 heavy (non-hydrogen) atoms. The number of hydrogen-bond donors (Lipinski definition) is 0. The lowest BCUT2D eigenvalue weighted by Gasteiger charge is -2.18. The quantitative estimate of drug-likeness (QED) is 0.0262. The van der Waals surface area contributed by atoms with Crippen molar-refractivity contribution in [1.29, 1.82) is 0 Å². The summed E-state index contributed by atoms with van der Waals surface area (Å²) in [5.41, 5.74) is 0. The number of hydrogen-bond acceptors (Lipinski definition) is 6. The van der Waals surface area contributed by atoms with Gasteiger partial charge in [0.2, 0.25) is 0 Å². The molecule has 0 spiro atoms. The van der Waals surface area contributed by atoms with Crippen LogP contribution in [-0.2, 0) is 28.6 Å². The molecule has 0 aliphatic heterocycles. The summed E-state index contributed by atoms with van der Waals surface area (Å²) in [6, 6.07) is 0. The first-order chi connectivity index (χ1) is 30.5. The number of carbonyl (C=O) groups excluding carboxylic acids is 3. The highest BCUT2D eigenvalue weighted by molar-refractivity contribution is 5.71. The molecule has 0 saturated heterocycles. The third-order valence-electron chi connectivity index (χ3n) is 11.6. The van der Waals surface area contributed by atoms with Crippen molar-refractivity contribution in [2.75, 3.05) is 13.2 Å². The highest BCUT2D eigenvalue weighted by Gasteiger charge is 2.19. The van der Waals surface area contributed by atoms with Crippen LogP contribution in [0, 0.1) is 0 Å². The number of unbranched alkanes of at least 4 members (excludes halogenated alkanes) is 29. The van der Waals surface area contributed by atoms with Crippen LogP contribution in [0.4, 0.5) is 0 Å². The van der Waals surface area contributed by atoms with Gasteiger partial charge in [0.25, 0.3) is 0 Å². The molecule has 6 heteroatoms. The van der Waals surface area contributed by atoms with Gasteiger partial charge >= 0.3 is 17.9 Å². The van der Waals surface area contributed by atoms with E-state index in [-0.39, 0.29) is 31.1 Å². The predicted molar refractivity (Wildman–Crippen MR) is 265 cm³/mol. The van der Waals surface area contributed by atoms with Gasteiger partial charge < -0.3 is 14.2 Å². The number of carbonyl (C=O) groups is 3. The van der Waals surface area contributed by atoms with Crippen LogP contribution in [0.15, 0.2) is 48.6 Å². The number of rotatable bonds is 48. The molecule has 360 valence electrons. The average Bonchev–Trinajstić information content (AvgIpc) is 3.27. The molecule has 0 heterocycles. The van der Waals surface area contributed by atoms with E-state index in [1.165, 1.54) is 148 Å². The minimum atomic E-state index is -0.776. The van der Waals surface area contributed by atoms with Gasteiger partial charge in [-0.1, -0.05) is 223 Å². The van der Waals surface area contributed by atoms with Gasteiger partial charge in [-0.3, -0.25) is 14.4 Å². The second kappa shape index (κ2) is 51.0. The minimum absolute atomic E-state index is 0.0766. The summed E-state index contributed by atoms with van der Waals surface area (Å²) in [6.45, 7) is 6.51. The SMILES string of the molecule is CC/C=C\C/C=C\C/C=C\CCCCCCCCCC(=O)OC(COC(=O)CCCCCCCCC/C=C\CCCCCCCCC)COC(=O)CCCCCCCCCCC. The smallest absolute Gasteiger partial charge is 0.306 e. The van der Waals surface area contributed by atoms with Crippen molar-refractivity contribution in [3.8, 4) is 0 Å². The first-order valence-corrected chi connectivity index (χ1v) is 26.6. The van der Waals surface area contributed by atoms with E-state index in [0.717, 1.165) is 83.5 Å². The Morgan fingerprint density at radius 1 is 0.339 bits per heavy atom. The van der Waals surface area contributed by atoms with Gasteiger partial charge in [0.1, 0.15) is 13.2 Å². The molecule has 0 radical (unpaired) electrons. The average molecular weight is 869 g/mol. The van der Waals surface area contributed by atoms with Gasteiger partial charge in [-0.2, -0.15) is 0 Å². The molecule has 0 aliphatic carbocycles. The summed E-state index contributed by atoms with van der Waals surface area (Å²) in [4.78, 5) is 37.9. The summed E-state index contributed by atoms with van der Waals surface area (Å²) >= 11 is 0. The molecule has 0 saturated carbocycles. The number of allylic oxidation sites excluding steroid dienone is 8. The van der Waals surface area contributed by atoms with E-state index in [4.69, 9.17) is 14.2 Å². The fourth-order valence-electron chi connectivity index (χ4n) is 7.57. The standard InChI is InChI=1S/C56H100O6/c1-4-7-10-13-16-19-21-23-25-27-29-30-32-34-37-40-43-46-49-55(58)61-52-53(51-60-54(57)48-45-42-39-36-18-15-12-9-6-3)62-56(59)50-47-44-41-38-35-33-31-28-26-24-22-20-17-14-11-8-5-2/h8,11,17,20,24-27,53H,4-7,9-10,12-16,18-19,21-23,28-52H2,1-3H3/b11-8-,20-17-,26-24-,27-25-. The first-order valence-electron chi connectivity index (χ1n) is 26.6. The maximum absolute atomic E-state index is 12.8. The molecule has 0 rings (SSSR count). The lowest BCUT2D eigenvalue weighted by Crippen LogP contribution is -2.30. The van der Waals surface area contributed by atoms with Crippen LogP contribution in [0.5, 0.6) is 0 Å². The Morgan fingerprint density at radius 3 is 1.00 bits per heavy atom. The Balaban J connectivity index is 4.31. The van der Waals surface area contributed by atoms with E-state index in [1.54, 1.807) is 0 Å². The molecule has 1 atom stereocenters. The van der Waals surface area contributed by atoms with E-state index in [9.17, 15) is 14.4 Å². The van der Waals surface area contributed by atoms with Gasteiger partial charge in [-0.05, 0) is 77.0 Å². The van der Waals surface area contributed by atoms with Crippen LogP contribution in [0.25, 0.3) is 0 Å². The molecule has 0 aromatic heterocycles. The molecule has 0 amide bonds. The van der Waals surface area contributed by atoms with E-state index in [1.807, 2.05) is 0 Å². The van der Waals surface area contributed by atoms with E-state index in [2.05, 4.69) is 69.4 Å². The van der Waals surface area contributed by atoms with Crippen molar-refractivity contribution < 1.29 is 28.6 Å². The third kappa shape index (κ3) is 48.4. The molecule has 6 nitrogen and oxygen atoms in total. The summed E-state index contributed by atoms with van der Waals surface area (Å²) < 4.78 is 16.8. The molecule has 0 aromatic rings. The van der Waals surface area contributed by atoms with Crippen molar-refractivity contribution in [2.24, 2.45) is 0 Å². The van der Waals surface area contributed by atoms with E-state index >= 15 is 0 Å². The van der Waals surface area contributed by atoms with Crippen LogP contribution in [0.2, 0.25) is 0 Å². The van der Waals surface area contributed by atoms with Crippen LogP contribution in [0.3, 0.4) is 0 Å². The summed E-state index contributed by atoms with van der Waals surface area (Å²) in [7, 11) is 0. The van der Waals surface area contributed by atoms with Gasteiger partial charge in [-0.15, -0.1) is 0 Å². The van der Waals surface area contributed by atoms with Crippen LogP contribution < -0.4 is 0 Å². The van der Waals surface area contributed by atoms with Crippen LogP contribution in [0.1, 0.15) is 271 Å². The zero-order chi connectivity index (χ0) is 45.1. The molecular weight excluding hydrogens is 769 g/mol. The first kappa shape index (κ1) is 59.4. The maximum atomic E-state index is 12.8. The van der Waals surface area contributed by atoms with Crippen LogP contribution >= 0.6 is 0 Å². The van der Waals surface area contributed by atoms with Gasteiger partial charge in [-0.25, -0.2) is 0 Å². The minimum Gasteiger partial charge on any atom is -0.462 e. The molecular formula is C56H100O6. The van der Waals surface area contributed by atoms with Crippen molar-refractivity contribution in [3.63, 3.8) is 0 Å². The Labute approximate surface area is 384 Å². The normalized spacial score (nSPS) is 12.4. The topological polar surface area (TPSA) is 78.9 Å². The van der Waals surface area contributed by atoms with Crippen molar-refractivity contribution in [3.05, 3.63) is 48.6 Å². The zero-order valence-corrected chi connectivity index (χ0v) is 41.1. The fourth-order valence-corrected chi connectivity index (χ4v) is 7.57. The van der Waals surface area contributed by atoms with Gasteiger partial charge in [0.05, 0.1) is 0 Å². The Bertz CT molecular complexity index is 1090. The predicted octanol–water partition coefficient (Wildman–Crippen LogP) is 17.5. The largest absolute Gasteiger partial charge is 0.462 e. The van der Waals surface area contributed by atoms with Gasteiger partial charge in [0.15, 0.2) is 6.10 Å². The Kier molecular flexibility index (Phi) is 48.8. The zero-order valence-electron chi connectivity index (χ0n) is 41.1. The number of ether oxygens (including phenoxy) is 3. The fraction of sp³-hybridized carbons (Fsp3) is 0.804. The highest BCUT2D eigenvalue weighted by atomic mass is 16.6. The second-order valence-electron chi connectivity index (χ2n) is 17.8. The highest BCUT2D eigenvalue weighted by Crippen LogP contribution is 2.15. The van der Waals surface area contributed by atoms with Crippen molar-refractivity contribution >= 4 is 17.9 Å². The molecule has 1 unspecified atom stereocenters. The van der Waals surface area contributed by atoms with Gasteiger partial charge in [0, 0.05) is 19.3 Å². The molecule has 0 aliphatic rings. The van der Waals surface area contributed by atoms with E-state index < -0.39 is 6.10 Å². The molecule has 0 bridgehead atoms.